The largest absolute Gasteiger partial charge is 0.403 e. The Morgan fingerprint density at radius 3 is 2.12 bits per heavy atom. The first-order valence-electron chi connectivity index (χ1n) is 13.4. The Morgan fingerprint density at radius 2 is 1.53 bits per heavy atom. The van der Waals surface area contributed by atoms with Gasteiger partial charge in [0.25, 0.3) is 0 Å². The lowest BCUT2D eigenvalue weighted by Crippen LogP contribution is -2.68. The maximum atomic E-state index is 12.8. The van der Waals surface area contributed by atoms with Crippen LogP contribution in [0, 0.1) is 5.92 Å². The van der Waals surface area contributed by atoms with E-state index in [2.05, 4.69) is 18.9 Å². The molecule has 0 amide bonds. The van der Waals surface area contributed by atoms with Crippen LogP contribution in [0.1, 0.15) is 112 Å². The molecule has 1 fully saturated rings. The number of hydrogen-bond acceptors (Lipinski definition) is 6. The second kappa shape index (κ2) is 14.6. The van der Waals surface area contributed by atoms with Crippen LogP contribution in [-0.2, 0) is 13.8 Å². The summed E-state index contributed by atoms with van der Waals surface area (Å²) in [5.41, 5.74) is 3.03. The molecule has 34 heavy (non-hydrogen) atoms. The van der Waals surface area contributed by atoms with Gasteiger partial charge in [-0.15, -0.1) is 0 Å². The summed E-state index contributed by atoms with van der Waals surface area (Å²) < 4.78 is 24.0. The molecule has 0 aromatic rings. The van der Waals surface area contributed by atoms with Crippen LogP contribution in [0.15, 0.2) is 0 Å². The number of hydrogen-bond donors (Lipinski definition) is 5. The zero-order valence-electron chi connectivity index (χ0n) is 22.5. The minimum atomic E-state index is -4.08. The second-order valence-corrected chi connectivity index (χ2v) is 12.3. The van der Waals surface area contributed by atoms with Crippen molar-refractivity contribution in [3.8, 4) is 0 Å². The summed E-state index contributed by atoms with van der Waals surface area (Å²) in [7, 11) is -4.08. The van der Waals surface area contributed by atoms with Crippen LogP contribution in [0.2, 0.25) is 0 Å². The van der Waals surface area contributed by atoms with Crippen LogP contribution in [0.25, 0.3) is 0 Å². The van der Waals surface area contributed by atoms with Crippen LogP contribution in [0.3, 0.4) is 0 Å². The maximum absolute atomic E-state index is 12.8. The fourth-order valence-corrected chi connectivity index (χ4v) is 6.16. The highest BCUT2D eigenvalue weighted by Crippen LogP contribution is 2.45. The molecule has 0 aliphatic carbocycles. The lowest BCUT2D eigenvalue weighted by atomic mass is 9.69. The van der Waals surface area contributed by atoms with E-state index < -0.39 is 37.1 Å². The Labute approximate surface area is 208 Å². The normalized spacial score (nSPS) is 33.4. The van der Waals surface area contributed by atoms with E-state index in [1.807, 2.05) is 0 Å². The Kier molecular flexibility index (Phi) is 13.8. The van der Waals surface area contributed by atoms with Gasteiger partial charge in [-0.1, -0.05) is 58.8 Å². The fourth-order valence-electron chi connectivity index (χ4n) is 5.00. The molecule has 6 N–H and O–H groups in total. The highest BCUT2D eigenvalue weighted by molar-refractivity contribution is 7.50. The van der Waals surface area contributed by atoms with E-state index in [4.69, 9.17) is 15.0 Å². The van der Waals surface area contributed by atoms with E-state index in [0.717, 1.165) is 64.2 Å². The molecule has 0 radical (unpaired) electrons. The summed E-state index contributed by atoms with van der Waals surface area (Å²) in [6, 6.07) is 0.214. The van der Waals surface area contributed by atoms with Gasteiger partial charge in [0, 0.05) is 18.0 Å². The predicted molar refractivity (Wildman–Crippen MR) is 138 cm³/mol. The topological polar surface area (TPSA) is 134 Å². The minimum Gasteiger partial charge on any atom is -0.387 e. The second-order valence-electron chi connectivity index (χ2n) is 10.7. The van der Waals surface area contributed by atoms with E-state index in [1.54, 1.807) is 13.8 Å². The van der Waals surface area contributed by atoms with Crippen molar-refractivity contribution in [1.82, 2.24) is 5.09 Å². The van der Waals surface area contributed by atoms with Crippen molar-refractivity contribution in [2.45, 2.75) is 148 Å². The third-order valence-corrected chi connectivity index (χ3v) is 8.91. The third-order valence-electron chi connectivity index (χ3n) is 7.72. The molecule has 1 aliphatic heterocycles. The van der Waals surface area contributed by atoms with Crippen molar-refractivity contribution >= 4 is 7.75 Å². The standard InChI is InChI=1S/C25H53N2O6P/c1-7-14-21(26)16-12-10-9-11-13-17-22(15-8-2)27-34(30,31)32-18-23-19(3)33-20(4)24(5,28)25(23,6)29/h19-23,28-29H,7-18,26H2,1-6H3,(H2,27,30,31). The first-order valence-corrected chi connectivity index (χ1v) is 15.0. The molecular weight excluding hydrogens is 455 g/mol. The molecule has 8 atom stereocenters. The highest BCUT2D eigenvalue weighted by Gasteiger charge is 2.57. The SMILES string of the molecule is CCCC(N)CCCCCCCC(CCC)NP(=O)(O)OCC1C(C)OC(C)C(C)(O)C1(C)O. The van der Waals surface area contributed by atoms with Gasteiger partial charge in [-0.05, 0) is 53.4 Å². The molecule has 9 heteroatoms. The lowest BCUT2D eigenvalue weighted by molar-refractivity contribution is -0.285. The van der Waals surface area contributed by atoms with Gasteiger partial charge in [-0.2, -0.15) is 0 Å². The molecular formula is C25H53N2O6P. The van der Waals surface area contributed by atoms with E-state index >= 15 is 0 Å². The van der Waals surface area contributed by atoms with Gasteiger partial charge in [0.2, 0.25) is 0 Å². The number of rotatable bonds is 17. The Balaban J connectivity index is 2.48. The van der Waals surface area contributed by atoms with Crippen LogP contribution < -0.4 is 10.8 Å². The summed E-state index contributed by atoms with van der Waals surface area (Å²) in [5, 5.41) is 24.6. The predicted octanol–water partition coefficient (Wildman–Crippen LogP) is 4.65. The summed E-state index contributed by atoms with van der Waals surface area (Å²) >= 11 is 0. The average molecular weight is 509 g/mol. The van der Waals surface area contributed by atoms with Crippen molar-refractivity contribution in [3.05, 3.63) is 0 Å². The van der Waals surface area contributed by atoms with Crippen molar-refractivity contribution in [2.75, 3.05) is 6.61 Å². The lowest BCUT2D eigenvalue weighted by Gasteiger charge is -2.53. The maximum Gasteiger partial charge on any atom is 0.403 e. The highest BCUT2D eigenvalue weighted by atomic mass is 31.2. The van der Waals surface area contributed by atoms with Gasteiger partial charge >= 0.3 is 7.75 Å². The van der Waals surface area contributed by atoms with Crippen molar-refractivity contribution < 1.29 is 28.9 Å². The first kappa shape index (κ1) is 32.0. The molecule has 1 aliphatic rings. The Hall–Kier alpha value is -0.0500. The molecule has 0 aromatic carbocycles. The molecule has 0 aromatic heterocycles. The molecule has 0 bridgehead atoms. The Morgan fingerprint density at radius 1 is 0.971 bits per heavy atom. The van der Waals surface area contributed by atoms with Gasteiger partial charge < -0.3 is 25.6 Å². The van der Waals surface area contributed by atoms with E-state index in [0.29, 0.717) is 6.04 Å². The molecule has 0 spiro atoms. The van der Waals surface area contributed by atoms with E-state index in [1.165, 1.54) is 20.3 Å². The quantitative estimate of drug-likeness (QED) is 0.142. The summed E-state index contributed by atoms with van der Waals surface area (Å²) in [5.74, 6) is -0.656. The van der Waals surface area contributed by atoms with Crippen molar-refractivity contribution in [2.24, 2.45) is 11.7 Å². The fraction of sp³-hybridized carbons (Fsp3) is 1.00. The number of nitrogens with two attached hydrogens (primary N) is 1. The van der Waals surface area contributed by atoms with Crippen LogP contribution in [0.4, 0.5) is 0 Å². The van der Waals surface area contributed by atoms with Crippen LogP contribution in [-0.4, -0.2) is 57.2 Å². The molecule has 8 unspecified atom stereocenters. The number of ether oxygens (including phenoxy) is 1. The summed E-state index contributed by atoms with van der Waals surface area (Å²) in [4.78, 5) is 10.5. The molecule has 0 saturated carbocycles. The first-order chi connectivity index (χ1) is 15.8. The Bertz CT molecular complexity index is 618. The molecule has 1 rings (SSSR count). The third kappa shape index (κ3) is 9.78. The number of nitrogens with one attached hydrogen (secondary N) is 1. The van der Waals surface area contributed by atoms with Crippen LogP contribution in [0.5, 0.6) is 0 Å². The van der Waals surface area contributed by atoms with Gasteiger partial charge in [0.15, 0.2) is 0 Å². The zero-order chi connectivity index (χ0) is 26.0. The molecule has 1 heterocycles. The molecule has 1 saturated heterocycles. The van der Waals surface area contributed by atoms with Crippen molar-refractivity contribution in [1.29, 1.82) is 0 Å². The van der Waals surface area contributed by atoms with E-state index in [9.17, 15) is 19.7 Å². The van der Waals surface area contributed by atoms with Crippen molar-refractivity contribution in [3.63, 3.8) is 0 Å². The minimum absolute atomic E-state index is 0.109. The number of aliphatic hydroxyl groups is 2. The summed E-state index contributed by atoms with van der Waals surface area (Å²) in [6.07, 6.45) is 10.4. The van der Waals surface area contributed by atoms with Gasteiger partial charge in [-0.25, -0.2) is 9.65 Å². The van der Waals surface area contributed by atoms with Gasteiger partial charge in [0.1, 0.15) is 11.2 Å². The van der Waals surface area contributed by atoms with Crippen LogP contribution >= 0.6 is 7.75 Å². The summed E-state index contributed by atoms with van der Waals surface area (Å²) in [6.45, 7) is 10.6. The number of unbranched alkanes of at least 4 members (excludes halogenated alkanes) is 4. The monoisotopic (exact) mass is 508 g/mol. The van der Waals surface area contributed by atoms with Gasteiger partial charge in [0.05, 0.1) is 18.8 Å². The average Bonchev–Trinajstić information content (AvgIpc) is 2.71. The molecule has 8 nitrogen and oxygen atoms in total. The van der Waals surface area contributed by atoms with Gasteiger partial charge in [-0.3, -0.25) is 4.52 Å². The zero-order valence-corrected chi connectivity index (χ0v) is 23.4. The van der Waals surface area contributed by atoms with E-state index in [-0.39, 0.29) is 12.6 Å². The smallest absolute Gasteiger partial charge is 0.387 e. The molecule has 204 valence electrons.